The van der Waals surface area contributed by atoms with Crippen molar-refractivity contribution in [1.82, 2.24) is 20.1 Å². The molecule has 2 saturated heterocycles. The van der Waals surface area contributed by atoms with E-state index in [-0.39, 0.29) is 0 Å². The van der Waals surface area contributed by atoms with Gasteiger partial charge in [-0.1, -0.05) is 17.7 Å². The van der Waals surface area contributed by atoms with Gasteiger partial charge >= 0.3 is 0 Å². The predicted molar refractivity (Wildman–Crippen MR) is 86.8 cm³/mol. The van der Waals surface area contributed by atoms with Crippen LogP contribution in [0.4, 0.5) is 0 Å². The number of halogens is 1. The van der Waals surface area contributed by atoms with Crippen molar-refractivity contribution in [2.24, 2.45) is 0 Å². The molecular formula is C16H21ClN4. The molecule has 0 spiro atoms. The summed E-state index contributed by atoms with van der Waals surface area (Å²) < 4.78 is 0. The highest BCUT2D eigenvalue weighted by Crippen LogP contribution is 2.23. The summed E-state index contributed by atoms with van der Waals surface area (Å²) in [5.41, 5.74) is 2.51. The first-order chi connectivity index (χ1) is 10.3. The average molecular weight is 305 g/mol. The lowest BCUT2D eigenvalue weighted by Crippen LogP contribution is -2.61. The minimum Gasteiger partial charge on any atom is -0.361 e. The normalized spacial score (nSPS) is 21.8. The molecule has 5 heteroatoms. The first-order valence-corrected chi connectivity index (χ1v) is 8.10. The van der Waals surface area contributed by atoms with E-state index >= 15 is 0 Å². The van der Waals surface area contributed by atoms with Gasteiger partial charge in [-0.25, -0.2) is 0 Å². The number of nitrogens with one attached hydrogen (secondary N) is 2. The molecule has 0 radical (unpaired) electrons. The average Bonchev–Trinajstić information content (AvgIpc) is 2.81. The van der Waals surface area contributed by atoms with Gasteiger partial charge in [0.25, 0.3) is 0 Å². The van der Waals surface area contributed by atoms with Crippen molar-refractivity contribution in [3.63, 3.8) is 0 Å². The summed E-state index contributed by atoms with van der Waals surface area (Å²) in [6.07, 6.45) is 2.13. The Labute approximate surface area is 130 Å². The molecule has 4 rings (SSSR count). The van der Waals surface area contributed by atoms with Crippen molar-refractivity contribution in [3.8, 4) is 0 Å². The summed E-state index contributed by atoms with van der Waals surface area (Å²) in [6.45, 7) is 8.08. The van der Waals surface area contributed by atoms with Crippen LogP contribution in [0.5, 0.6) is 0 Å². The first kappa shape index (κ1) is 13.6. The second-order valence-corrected chi connectivity index (χ2v) is 6.56. The number of hydrogen-bond acceptors (Lipinski definition) is 3. The number of rotatable bonds is 3. The maximum atomic E-state index is 6.04. The van der Waals surface area contributed by atoms with Crippen LogP contribution in [0, 0.1) is 0 Å². The third-order valence-corrected chi connectivity index (χ3v) is 5.04. The number of aromatic nitrogens is 1. The summed E-state index contributed by atoms with van der Waals surface area (Å²) in [7, 11) is 0. The molecule has 3 heterocycles. The number of hydrogen-bond donors (Lipinski definition) is 2. The number of aromatic amines is 1. The van der Waals surface area contributed by atoms with E-state index in [1.807, 2.05) is 12.1 Å². The number of piperazine rings is 1. The highest BCUT2D eigenvalue weighted by atomic mass is 35.5. The highest BCUT2D eigenvalue weighted by molar-refractivity contribution is 6.31. The maximum absolute atomic E-state index is 6.04. The van der Waals surface area contributed by atoms with Gasteiger partial charge in [0.15, 0.2) is 0 Å². The molecule has 21 heavy (non-hydrogen) atoms. The number of fused-ring (bicyclic) bond motifs is 1. The van der Waals surface area contributed by atoms with Gasteiger partial charge in [-0.15, -0.1) is 0 Å². The molecule has 2 aliphatic rings. The van der Waals surface area contributed by atoms with E-state index in [0.29, 0.717) is 0 Å². The van der Waals surface area contributed by atoms with E-state index in [9.17, 15) is 0 Å². The first-order valence-electron chi connectivity index (χ1n) is 7.72. The predicted octanol–water partition coefficient (Wildman–Crippen LogP) is 1.91. The van der Waals surface area contributed by atoms with Crippen LogP contribution in [-0.2, 0) is 6.54 Å². The van der Waals surface area contributed by atoms with Gasteiger partial charge < -0.3 is 10.3 Å². The van der Waals surface area contributed by atoms with Crippen LogP contribution >= 0.6 is 11.6 Å². The molecule has 1 aromatic heterocycles. The quantitative estimate of drug-likeness (QED) is 0.909. The molecule has 4 nitrogen and oxygen atoms in total. The largest absolute Gasteiger partial charge is 0.361 e. The van der Waals surface area contributed by atoms with E-state index < -0.39 is 0 Å². The minimum absolute atomic E-state index is 0.780. The molecule has 0 aliphatic carbocycles. The zero-order valence-corrected chi connectivity index (χ0v) is 12.9. The monoisotopic (exact) mass is 304 g/mol. The van der Waals surface area contributed by atoms with E-state index in [4.69, 9.17) is 11.6 Å². The van der Waals surface area contributed by atoms with Crippen molar-refractivity contribution < 1.29 is 0 Å². The van der Waals surface area contributed by atoms with Crippen molar-refractivity contribution in [3.05, 3.63) is 35.0 Å². The Kier molecular flexibility index (Phi) is 3.63. The van der Waals surface area contributed by atoms with Gasteiger partial charge in [-0.3, -0.25) is 9.80 Å². The summed E-state index contributed by atoms with van der Waals surface area (Å²) in [6, 6.07) is 6.88. The molecule has 0 saturated carbocycles. The second kappa shape index (κ2) is 5.61. The molecule has 2 fully saturated rings. The van der Waals surface area contributed by atoms with E-state index in [1.165, 1.54) is 37.1 Å². The zero-order chi connectivity index (χ0) is 14.2. The van der Waals surface area contributed by atoms with Crippen molar-refractivity contribution in [1.29, 1.82) is 0 Å². The Hall–Kier alpha value is -1.07. The molecule has 0 atom stereocenters. The Morgan fingerprint density at radius 2 is 1.95 bits per heavy atom. The molecule has 0 bridgehead atoms. The van der Waals surface area contributed by atoms with Crippen LogP contribution in [0.3, 0.4) is 0 Å². The minimum atomic E-state index is 0.780. The molecule has 2 aromatic rings. The van der Waals surface area contributed by atoms with Gasteiger partial charge in [0.05, 0.1) is 0 Å². The van der Waals surface area contributed by atoms with Crippen LogP contribution in [-0.4, -0.2) is 60.1 Å². The Morgan fingerprint density at radius 1 is 1.14 bits per heavy atom. The van der Waals surface area contributed by atoms with Crippen LogP contribution in [0.1, 0.15) is 5.56 Å². The standard InChI is InChI=1S/C16H21ClN4/c17-13-1-2-15-12(8-19-16(15)7-13)11-20-3-5-21(6-4-20)14-9-18-10-14/h1-2,7-8,14,18-19H,3-6,9-11H2. The van der Waals surface area contributed by atoms with Crippen molar-refractivity contribution in [2.75, 3.05) is 39.3 Å². The summed E-state index contributed by atoms with van der Waals surface area (Å²) in [5, 5.41) is 5.45. The number of benzene rings is 1. The maximum Gasteiger partial charge on any atom is 0.0472 e. The third-order valence-electron chi connectivity index (χ3n) is 4.81. The molecule has 2 N–H and O–H groups in total. The van der Waals surface area contributed by atoms with E-state index in [1.54, 1.807) is 0 Å². The fraction of sp³-hybridized carbons (Fsp3) is 0.500. The Bertz CT molecular complexity index is 626. The van der Waals surface area contributed by atoms with E-state index in [0.717, 1.165) is 36.2 Å². The van der Waals surface area contributed by atoms with Gasteiger partial charge in [0.1, 0.15) is 0 Å². The number of nitrogens with zero attached hydrogens (tertiary/aromatic N) is 2. The highest BCUT2D eigenvalue weighted by Gasteiger charge is 2.27. The Balaban J connectivity index is 1.41. The third kappa shape index (κ3) is 2.69. The van der Waals surface area contributed by atoms with Gasteiger partial charge in [-0.05, 0) is 17.7 Å². The van der Waals surface area contributed by atoms with Crippen LogP contribution in [0.25, 0.3) is 10.9 Å². The second-order valence-electron chi connectivity index (χ2n) is 6.13. The van der Waals surface area contributed by atoms with Gasteiger partial charge in [0, 0.05) is 74.0 Å². The van der Waals surface area contributed by atoms with Crippen LogP contribution < -0.4 is 5.32 Å². The fourth-order valence-electron chi connectivity index (χ4n) is 3.35. The molecular weight excluding hydrogens is 284 g/mol. The van der Waals surface area contributed by atoms with Crippen LogP contribution in [0.2, 0.25) is 5.02 Å². The molecule has 112 valence electrons. The SMILES string of the molecule is Clc1ccc2c(CN3CCN(C4CNC4)CC3)c[nH]c2c1. The van der Waals surface area contributed by atoms with Crippen LogP contribution in [0.15, 0.2) is 24.4 Å². The molecule has 0 amide bonds. The summed E-state index contributed by atoms with van der Waals surface area (Å²) in [5.74, 6) is 0. The van der Waals surface area contributed by atoms with Gasteiger partial charge in [-0.2, -0.15) is 0 Å². The lowest BCUT2D eigenvalue weighted by atomic mass is 10.1. The summed E-state index contributed by atoms with van der Waals surface area (Å²) >= 11 is 6.04. The van der Waals surface area contributed by atoms with Crippen molar-refractivity contribution in [2.45, 2.75) is 12.6 Å². The zero-order valence-electron chi connectivity index (χ0n) is 12.1. The molecule has 2 aliphatic heterocycles. The fourth-order valence-corrected chi connectivity index (χ4v) is 3.52. The molecule has 0 unspecified atom stereocenters. The van der Waals surface area contributed by atoms with Crippen molar-refractivity contribution >= 4 is 22.5 Å². The smallest absolute Gasteiger partial charge is 0.0472 e. The van der Waals surface area contributed by atoms with E-state index in [2.05, 4.69) is 32.4 Å². The van der Waals surface area contributed by atoms with Gasteiger partial charge in [0.2, 0.25) is 0 Å². The number of H-pyrrole nitrogens is 1. The molecule has 1 aromatic carbocycles. The Morgan fingerprint density at radius 3 is 2.67 bits per heavy atom. The summed E-state index contributed by atoms with van der Waals surface area (Å²) in [4.78, 5) is 8.52. The topological polar surface area (TPSA) is 34.3 Å². The lowest BCUT2D eigenvalue weighted by Gasteiger charge is -2.43. The lowest BCUT2D eigenvalue weighted by molar-refractivity contribution is 0.0697.